The molecule has 2 rings (SSSR count). The van der Waals surface area contributed by atoms with Crippen molar-refractivity contribution in [2.75, 3.05) is 6.61 Å². The Labute approximate surface area is 89.8 Å². The quantitative estimate of drug-likeness (QED) is 0.547. The molecule has 0 spiro atoms. The Balaban J connectivity index is 2.32. The van der Waals surface area contributed by atoms with Crippen LogP contribution in [0.15, 0.2) is 43.2 Å². The second-order valence-electron chi connectivity index (χ2n) is 3.53. The highest BCUT2D eigenvalue weighted by molar-refractivity contribution is 5.81. The highest BCUT2D eigenvalue weighted by atomic mass is 16.5. The highest BCUT2D eigenvalue weighted by Gasteiger charge is 2.03. The van der Waals surface area contributed by atoms with Crippen molar-refractivity contribution < 1.29 is 4.74 Å². The van der Waals surface area contributed by atoms with Crippen LogP contribution in [0.4, 0.5) is 0 Å². The summed E-state index contributed by atoms with van der Waals surface area (Å²) in [6.07, 6.45) is 1.49. The van der Waals surface area contributed by atoms with Crippen molar-refractivity contribution in [3.63, 3.8) is 0 Å². The van der Waals surface area contributed by atoms with Crippen LogP contribution in [0.2, 0.25) is 0 Å². The maximum Gasteiger partial charge on any atom is 0.105 e. The first kappa shape index (κ1) is 9.84. The van der Waals surface area contributed by atoms with Gasteiger partial charge in [-0.3, -0.25) is 0 Å². The van der Waals surface area contributed by atoms with Gasteiger partial charge < -0.3 is 9.30 Å². The molecule has 0 radical (unpaired) electrons. The van der Waals surface area contributed by atoms with Crippen LogP contribution in [0.5, 0.6) is 0 Å². The van der Waals surface area contributed by atoms with Gasteiger partial charge in [0.05, 0.1) is 12.8 Å². The number of hydrogen-bond acceptors (Lipinski definition) is 1. The van der Waals surface area contributed by atoms with Gasteiger partial charge in [0.25, 0.3) is 0 Å². The van der Waals surface area contributed by atoms with E-state index in [4.69, 9.17) is 4.74 Å². The zero-order valence-electron chi connectivity index (χ0n) is 8.94. The van der Waals surface area contributed by atoms with Crippen molar-refractivity contribution in [2.45, 2.75) is 13.5 Å². The molecule has 1 aromatic heterocycles. The van der Waals surface area contributed by atoms with Crippen LogP contribution >= 0.6 is 0 Å². The summed E-state index contributed by atoms with van der Waals surface area (Å²) in [7, 11) is 0. The summed E-state index contributed by atoms with van der Waals surface area (Å²) < 4.78 is 7.42. The van der Waals surface area contributed by atoms with E-state index in [1.54, 1.807) is 0 Å². The van der Waals surface area contributed by atoms with Gasteiger partial charge in [0.15, 0.2) is 0 Å². The molecule has 0 fully saturated rings. The Morgan fingerprint density at radius 3 is 3.00 bits per heavy atom. The van der Waals surface area contributed by atoms with Crippen LogP contribution in [0, 0.1) is 6.92 Å². The Morgan fingerprint density at radius 2 is 2.20 bits per heavy atom. The van der Waals surface area contributed by atoms with Crippen LogP contribution in [-0.4, -0.2) is 11.2 Å². The van der Waals surface area contributed by atoms with Gasteiger partial charge in [0, 0.05) is 11.2 Å². The fourth-order valence-corrected chi connectivity index (χ4v) is 1.87. The number of fused-ring (bicyclic) bond motifs is 1. The molecule has 2 nitrogen and oxygen atoms in total. The van der Waals surface area contributed by atoms with Gasteiger partial charge in [-0.05, 0) is 24.4 Å². The van der Waals surface area contributed by atoms with Crippen LogP contribution in [-0.2, 0) is 11.3 Å². The van der Waals surface area contributed by atoms with Crippen LogP contribution in [0.1, 0.15) is 5.69 Å². The molecular formula is C13H15NO. The SMILES string of the molecule is C=COCCn1c(C)cc2ccccc21. The molecule has 0 saturated heterocycles. The first-order valence-corrected chi connectivity index (χ1v) is 5.10. The van der Waals surface area contributed by atoms with Crippen molar-refractivity contribution in [3.8, 4) is 0 Å². The predicted molar refractivity (Wildman–Crippen MR) is 62.8 cm³/mol. The molecule has 2 aromatic rings. The molecule has 1 aromatic carbocycles. The molecule has 0 bridgehead atoms. The molecule has 78 valence electrons. The van der Waals surface area contributed by atoms with Crippen molar-refractivity contribution in [1.82, 2.24) is 4.57 Å². The number of hydrogen-bond donors (Lipinski definition) is 0. The normalized spacial score (nSPS) is 10.5. The molecule has 0 unspecified atom stereocenters. The number of aryl methyl sites for hydroxylation is 1. The lowest BCUT2D eigenvalue weighted by Crippen LogP contribution is -2.04. The fourth-order valence-electron chi connectivity index (χ4n) is 1.87. The zero-order valence-corrected chi connectivity index (χ0v) is 8.94. The summed E-state index contributed by atoms with van der Waals surface area (Å²) in [4.78, 5) is 0. The molecular weight excluding hydrogens is 186 g/mol. The van der Waals surface area contributed by atoms with Gasteiger partial charge in [-0.15, -0.1) is 0 Å². The minimum Gasteiger partial charge on any atom is -0.500 e. The number of para-hydroxylation sites is 1. The van der Waals surface area contributed by atoms with E-state index in [1.807, 2.05) is 0 Å². The van der Waals surface area contributed by atoms with Crippen molar-refractivity contribution in [1.29, 1.82) is 0 Å². The highest BCUT2D eigenvalue weighted by Crippen LogP contribution is 2.18. The summed E-state index contributed by atoms with van der Waals surface area (Å²) in [6.45, 7) is 7.19. The zero-order chi connectivity index (χ0) is 10.7. The Morgan fingerprint density at radius 1 is 1.40 bits per heavy atom. The average Bonchev–Trinajstić information content (AvgIpc) is 2.56. The van der Waals surface area contributed by atoms with Gasteiger partial charge in [-0.25, -0.2) is 0 Å². The molecule has 0 aliphatic carbocycles. The van der Waals surface area contributed by atoms with Crippen molar-refractivity contribution in [2.24, 2.45) is 0 Å². The van der Waals surface area contributed by atoms with Crippen LogP contribution in [0.3, 0.4) is 0 Å². The van der Waals surface area contributed by atoms with Crippen molar-refractivity contribution >= 4 is 10.9 Å². The van der Waals surface area contributed by atoms with E-state index in [9.17, 15) is 0 Å². The average molecular weight is 201 g/mol. The van der Waals surface area contributed by atoms with Gasteiger partial charge in [0.1, 0.15) is 6.61 Å². The van der Waals surface area contributed by atoms with E-state index in [-0.39, 0.29) is 0 Å². The first-order valence-electron chi connectivity index (χ1n) is 5.10. The van der Waals surface area contributed by atoms with Crippen LogP contribution in [0.25, 0.3) is 10.9 Å². The summed E-state index contributed by atoms with van der Waals surface area (Å²) in [5.41, 5.74) is 2.53. The summed E-state index contributed by atoms with van der Waals surface area (Å²) in [6, 6.07) is 10.6. The van der Waals surface area contributed by atoms with E-state index in [1.165, 1.54) is 22.9 Å². The van der Waals surface area contributed by atoms with Crippen molar-refractivity contribution in [3.05, 3.63) is 48.9 Å². The number of ether oxygens (including phenoxy) is 1. The molecule has 2 heteroatoms. The lowest BCUT2D eigenvalue weighted by molar-refractivity contribution is 0.237. The van der Waals surface area contributed by atoms with E-state index >= 15 is 0 Å². The van der Waals surface area contributed by atoms with E-state index in [0.29, 0.717) is 6.61 Å². The predicted octanol–water partition coefficient (Wildman–Crippen LogP) is 3.11. The smallest absolute Gasteiger partial charge is 0.105 e. The lowest BCUT2D eigenvalue weighted by Gasteiger charge is -2.07. The monoisotopic (exact) mass is 201 g/mol. The second-order valence-corrected chi connectivity index (χ2v) is 3.53. The number of aromatic nitrogens is 1. The molecule has 0 atom stereocenters. The number of nitrogens with zero attached hydrogens (tertiary/aromatic N) is 1. The van der Waals surface area contributed by atoms with E-state index < -0.39 is 0 Å². The topological polar surface area (TPSA) is 14.2 Å². The third-order valence-electron chi connectivity index (χ3n) is 2.57. The Hall–Kier alpha value is -1.70. The molecule has 15 heavy (non-hydrogen) atoms. The molecule has 1 heterocycles. The first-order chi connectivity index (χ1) is 7.33. The maximum atomic E-state index is 5.15. The summed E-state index contributed by atoms with van der Waals surface area (Å²) >= 11 is 0. The van der Waals surface area contributed by atoms with Gasteiger partial charge in [-0.2, -0.15) is 0 Å². The molecule has 0 amide bonds. The third-order valence-corrected chi connectivity index (χ3v) is 2.57. The van der Waals surface area contributed by atoms with E-state index in [2.05, 4.69) is 48.4 Å². The summed E-state index contributed by atoms with van der Waals surface area (Å²) in [5.74, 6) is 0. The summed E-state index contributed by atoms with van der Waals surface area (Å²) in [5, 5.41) is 1.29. The van der Waals surface area contributed by atoms with E-state index in [0.717, 1.165) is 6.54 Å². The fraction of sp³-hybridized carbons (Fsp3) is 0.231. The molecule has 0 aliphatic rings. The minimum atomic E-state index is 0.670. The van der Waals surface area contributed by atoms with Gasteiger partial charge in [0.2, 0.25) is 0 Å². The second kappa shape index (κ2) is 4.22. The number of benzene rings is 1. The molecule has 0 aliphatic heterocycles. The Kier molecular flexibility index (Phi) is 2.77. The van der Waals surface area contributed by atoms with Gasteiger partial charge in [-0.1, -0.05) is 24.8 Å². The third kappa shape index (κ3) is 1.89. The van der Waals surface area contributed by atoms with Gasteiger partial charge >= 0.3 is 0 Å². The minimum absolute atomic E-state index is 0.670. The maximum absolute atomic E-state index is 5.15. The lowest BCUT2D eigenvalue weighted by atomic mass is 10.2. The standard InChI is InChI=1S/C13H15NO/c1-3-15-9-8-14-11(2)10-12-6-4-5-7-13(12)14/h3-7,10H,1,8-9H2,2H3. The number of rotatable bonds is 4. The molecule has 0 saturated carbocycles. The Bertz CT molecular complexity index is 470. The molecule has 0 N–H and O–H groups in total. The van der Waals surface area contributed by atoms with Crippen LogP contribution < -0.4 is 0 Å². The largest absolute Gasteiger partial charge is 0.500 e.